The summed E-state index contributed by atoms with van der Waals surface area (Å²) in [6.45, 7) is 6.15. The zero-order valence-electron chi connectivity index (χ0n) is 16.6. The van der Waals surface area contributed by atoms with Gasteiger partial charge in [0.1, 0.15) is 4.83 Å². The van der Waals surface area contributed by atoms with Gasteiger partial charge < -0.3 is 14.7 Å². The maximum absolute atomic E-state index is 13.2. The molecule has 0 bridgehead atoms. The highest BCUT2D eigenvalue weighted by Gasteiger charge is 2.31. The van der Waals surface area contributed by atoms with Gasteiger partial charge in [-0.1, -0.05) is 0 Å². The van der Waals surface area contributed by atoms with Crippen LogP contribution in [0.4, 0.5) is 0 Å². The quantitative estimate of drug-likeness (QED) is 0.767. The third-order valence-electron chi connectivity index (χ3n) is 4.96. The van der Waals surface area contributed by atoms with Crippen LogP contribution in [0.15, 0.2) is 9.59 Å². The van der Waals surface area contributed by atoms with Crippen LogP contribution < -0.4 is 11.2 Å². The van der Waals surface area contributed by atoms with Crippen molar-refractivity contribution >= 4 is 21.6 Å². The topological polar surface area (TPSA) is 76.7 Å². The minimum atomic E-state index is -0.324. The van der Waals surface area contributed by atoms with E-state index in [1.165, 1.54) is 15.9 Å². The van der Waals surface area contributed by atoms with Gasteiger partial charge in [-0.3, -0.25) is 13.9 Å². The first-order valence-electron chi connectivity index (χ1n) is 9.42. The van der Waals surface area contributed by atoms with Crippen molar-refractivity contribution in [2.75, 3.05) is 27.2 Å². The highest BCUT2D eigenvalue weighted by molar-refractivity contribution is 7.18. The second-order valence-electron chi connectivity index (χ2n) is 8.03. The smallest absolute Gasteiger partial charge is 0.332 e. The summed E-state index contributed by atoms with van der Waals surface area (Å²) in [6, 6.07) is 0. The summed E-state index contributed by atoms with van der Waals surface area (Å²) in [7, 11) is 4.01. The molecule has 0 aliphatic carbocycles. The second-order valence-corrected chi connectivity index (χ2v) is 9.12. The molecule has 0 atom stereocenters. The van der Waals surface area contributed by atoms with Gasteiger partial charge in [0.25, 0.3) is 5.56 Å². The van der Waals surface area contributed by atoms with E-state index in [-0.39, 0.29) is 30.0 Å². The van der Waals surface area contributed by atoms with Crippen molar-refractivity contribution in [1.29, 1.82) is 0 Å². The summed E-state index contributed by atoms with van der Waals surface area (Å²) in [5.41, 5.74) is 0.186. The number of aliphatic hydroxyl groups excluding tert-OH is 1. The molecule has 0 saturated carbocycles. The van der Waals surface area contributed by atoms with E-state index in [9.17, 15) is 14.7 Å². The molecule has 3 rings (SSSR count). The average Bonchev–Trinajstić information content (AvgIpc) is 2.95. The number of aliphatic hydroxyl groups is 1. The Morgan fingerprint density at radius 1 is 1.19 bits per heavy atom. The van der Waals surface area contributed by atoms with Gasteiger partial charge in [0, 0.05) is 31.0 Å². The molecule has 1 N–H and O–H groups in total. The first kappa shape index (κ1) is 20.3. The van der Waals surface area contributed by atoms with Crippen molar-refractivity contribution in [1.82, 2.24) is 14.0 Å². The van der Waals surface area contributed by atoms with E-state index in [1.54, 1.807) is 4.57 Å². The third-order valence-corrected chi connectivity index (χ3v) is 6.19. The minimum Gasteiger partial charge on any atom is -0.396 e. The van der Waals surface area contributed by atoms with Gasteiger partial charge in [-0.2, -0.15) is 0 Å². The molecule has 3 heterocycles. The van der Waals surface area contributed by atoms with E-state index >= 15 is 0 Å². The van der Waals surface area contributed by atoms with Gasteiger partial charge in [0.2, 0.25) is 0 Å². The third kappa shape index (κ3) is 4.03. The monoisotopic (exact) mass is 395 g/mol. The van der Waals surface area contributed by atoms with Gasteiger partial charge in [0.05, 0.1) is 17.6 Å². The number of nitrogens with zero attached hydrogens (tertiary/aromatic N) is 3. The molecule has 0 amide bonds. The minimum absolute atomic E-state index is 0.0485. The fourth-order valence-electron chi connectivity index (χ4n) is 3.57. The molecule has 0 fully saturated rings. The zero-order valence-corrected chi connectivity index (χ0v) is 17.4. The summed E-state index contributed by atoms with van der Waals surface area (Å²) in [5, 5.41) is 9.83. The number of hydrogen-bond acceptors (Lipinski definition) is 6. The molecule has 0 unspecified atom stereocenters. The van der Waals surface area contributed by atoms with Crippen LogP contribution in [0.25, 0.3) is 10.2 Å². The largest absolute Gasteiger partial charge is 0.396 e. The van der Waals surface area contributed by atoms with Crippen molar-refractivity contribution in [3.63, 3.8) is 0 Å². The summed E-state index contributed by atoms with van der Waals surface area (Å²) >= 11 is 1.51. The Kier molecular flexibility index (Phi) is 5.90. The molecule has 27 heavy (non-hydrogen) atoms. The Balaban J connectivity index is 2.18. The number of ether oxygens (including phenoxy) is 1. The lowest BCUT2D eigenvalue weighted by molar-refractivity contribution is -0.0379. The number of aromatic nitrogens is 2. The standard InChI is InChI=1S/C19H29N3O4S/c1-19(2)11-13-14(12-26-19)27-17-15(13)16(24)21(9-6-10-23)18(25)22(17)8-5-7-20(3)4/h23H,5-12H2,1-4H3. The summed E-state index contributed by atoms with van der Waals surface area (Å²) in [6.07, 6.45) is 1.87. The summed E-state index contributed by atoms with van der Waals surface area (Å²) < 4.78 is 8.95. The highest BCUT2D eigenvalue weighted by atomic mass is 32.1. The van der Waals surface area contributed by atoms with Crippen molar-refractivity contribution in [2.24, 2.45) is 0 Å². The van der Waals surface area contributed by atoms with Crippen LogP contribution in [0.2, 0.25) is 0 Å². The number of aryl methyl sites for hydroxylation is 1. The van der Waals surface area contributed by atoms with Crippen LogP contribution in [0.3, 0.4) is 0 Å². The SMILES string of the molecule is CN(C)CCCn1c(=O)n(CCCO)c(=O)c2c3c(sc21)COC(C)(C)C3. The van der Waals surface area contributed by atoms with Crippen molar-refractivity contribution in [2.45, 2.75) is 58.4 Å². The Morgan fingerprint density at radius 3 is 2.56 bits per heavy atom. The van der Waals surface area contributed by atoms with Crippen molar-refractivity contribution in [3.8, 4) is 0 Å². The molecular weight excluding hydrogens is 366 g/mol. The van der Waals surface area contributed by atoms with Gasteiger partial charge in [0.15, 0.2) is 0 Å². The molecule has 0 spiro atoms. The molecule has 0 saturated heterocycles. The zero-order chi connectivity index (χ0) is 19.8. The molecule has 1 aliphatic heterocycles. The summed E-state index contributed by atoms with van der Waals surface area (Å²) in [4.78, 5) is 30.1. The molecular formula is C19H29N3O4S. The van der Waals surface area contributed by atoms with Crippen molar-refractivity contribution in [3.05, 3.63) is 31.3 Å². The lowest BCUT2D eigenvalue weighted by Crippen LogP contribution is -2.41. The van der Waals surface area contributed by atoms with E-state index in [1.807, 2.05) is 27.9 Å². The van der Waals surface area contributed by atoms with Gasteiger partial charge >= 0.3 is 5.69 Å². The number of thiophene rings is 1. The van der Waals surface area contributed by atoms with Crippen LogP contribution >= 0.6 is 11.3 Å². The van der Waals surface area contributed by atoms with Crippen LogP contribution in [0, 0.1) is 0 Å². The van der Waals surface area contributed by atoms with E-state index in [0.717, 1.165) is 28.2 Å². The van der Waals surface area contributed by atoms with Crippen LogP contribution in [-0.4, -0.2) is 52.0 Å². The molecule has 1 aliphatic rings. The van der Waals surface area contributed by atoms with Gasteiger partial charge in [-0.05, 0) is 52.9 Å². The van der Waals surface area contributed by atoms with E-state index < -0.39 is 0 Å². The van der Waals surface area contributed by atoms with Crippen LogP contribution in [0.1, 0.15) is 37.1 Å². The first-order valence-corrected chi connectivity index (χ1v) is 10.2. The fourth-order valence-corrected chi connectivity index (χ4v) is 4.81. The normalized spacial score (nSPS) is 16.2. The number of fused-ring (bicyclic) bond motifs is 3. The molecule has 8 heteroatoms. The Morgan fingerprint density at radius 2 is 1.89 bits per heavy atom. The average molecular weight is 396 g/mol. The van der Waals surface area contributed by atoms with E-state index in [0.29, 0.717) is 31.4 Å². The summed E-state index contributed by atoms with van der Waals surface area (Å²) in [5.74, 6) is 0. The molecule has 2 aromatic rings. The lowest BCUT2D eigenvalue weighted by atomic mass is 9.94. The molecule has 7 nitrogen and oxygen atoms in total. The molecule has 2 aromatic heterocycles. The lowest BCUT2D eigenvalue weighted by Gasteiger charge is -2.29. The maximum Gasteiger partial charge on any atom is 0.332 e. The maximum atomic E-state index is 13.2. The van der Waals surface area contributed by atoms with Gasteiger partial charge in [-0.25, -0.2) is 4.79 Å². The Hall–Kier alpha value is -1.48. The van der Waals surface area contributed by atoms with Crippen LogP contribution in [-0.2, 0) is 30.9 Å². The number of hydrogen-bond donors (Lipinski definition) is 1. The molecule has 0 radical (unpaired) electrons. The number of rotatable bonds is 7. The molecule has 150 valence electrons. The van der Waals surface area contributed by atoms with Crippen LogP contribution in [0.5, 0.6) is 0 Å². The predicted octanol–water partition coefficient (Wildman–Crippen LogP) is 1.41. The first-order chi connectivity index (χ1) is 12.7. The van der Waals surface area contributed by atoms with Crippen molar-refractivity contribution < 1.29 is 9.84 Å². The second kappa shape index (κ2) is 7.87. The van der Waals surface area contributed by atoms with Gasteiger partial charge in [-0.15, -0.1) is 11.3 Å². The van der Waals surface area contributed by atoms with E-state index in [4.69, 9.17) is 4.74 Å². The van der Waals surface area contributed by atoms with E-state index in [2.05, 4.69) is 4.90 Å². The Labute approximate surface area is 162 Å². The predicted molar refractivity (Wildman–Crippen MR) is 108 cm³/mol. The fraction of sp³-hybridized carbons (Fsp3) is 0.684. The highest BCUT2D eigenvalue weighted by Crippen LogP contribution is 2.37. The Bertz CT molecular complexity index is 939. The molecule has 0 aromatic carbocycles.